The second-order valence-corrected chi connectivity index (χ2v) is 6.00. The lowest BCUT2D eigenvalue weighted by molar-refractivity contribution is 0.365. The van der Waals surface area contributed by atoms with Crippen molar-refractivity contribution in [1.29, 1.82) is 5.41 Å². The van der Waals surface area contributed by atoms with Gasteiger partial charge in [-0.25, -0.2) is 9.97 Å². The number of anilines is 3. The summed E-state index contributed by atoms with van der Waals surface area (Å²) in [5.74, 6) is 1.37. The van der Waals surface area contributed by atoms with Gasteiger partial charge in [0.15, 0.2) is 5.58 Å². The first kappa shape index (κ1) is 15.3. The molecular weight excluding hydrogens is 320 g/mol. The first-order valence-electron chi connectivity index (χ1n) is 7.92. The van der Waals surface area contributed by atoms with Gasteiger partial charge in [-0.05, 0) is 18.2 Å². The van der Waals surface area contributed by atoms with Gasteiger partial charge in [-0.2, -0.15) is 4.98 Å². The largest absolute Gasteiger partial charge is 0.424 e. The summed E-state index contributed by atoms with van der Waals surface area (Å²) in [6.45, 7) is 2.72. The van der Waals surface area contributed by atoms with E-state index in [2.05, 4.69) is 25.6 Å². The molecule has 4 rings (SSSR count). The highest BCUT2D eigenvalue weighted by atomic mass is 16.4. The third kappa shape index (κ3) is 2.85. The van der Waals surface area contributed by atoms with Crippen molar-refractivity contribution in [3.8, 4) is 0 Å². The van der Waals surface area contributed by atoms with Gasteiger partial charge in [-0.1, -0.05) is 0 Å². The highest BCUT2D eigenvalue weighted by molar-refractivity contribution is 6.17. The first-order chi connectivity index (χ1) is 12.1. The van der Waals surface area contributed by atoms with E-state index in [-0.39, 0.29) is 17.5 Å². The second kappa shape index (κ2) is 6.02. The van der Waals surface area contributed by atoms with Crippen molar-refractivity contribution in [3.05, 3.63) is 35.7 Å². The maximum atomic E-state index is 8.58. The van der Waals surface area contributed by atoms with E-state index in [1.54, 1.807) is 18.2 Å². The molecule has 3 aromatic rings. The number of aromatic nitrogens is 3. The van der Waals surface area contributed by atoms with E-state index in [9.17, 15) is 0 Å². The van der Waals surface area contributed by atoms with Gasteiger partial charge in [0.2, 0.25) is 0 Å². The van der Waals surface area contributed by atoms with Gasteiger partial charge in [0.1, 0.15) is 23.5 Å². The molecule has 1 aliphatic rings. The second-order valence-electron chi connectivity index (χ2n) is 6.00. The molecule has 2 aromatic heterocycles. The van der Waals surface area contributed by atoms with Gasteiger partial charge in [-0.15, -0.1) is 0 Å². The zero-order chi connectivity index (χ0) is 17.4. The zero-order valence-corrected chi connectivity index (χ0v) is 13.4. The number of oxazole rings is 1. The molecule has 0 unspecified atom stereocenters. The highest BCUT2D eigenvalue weighted by Crippen LogP contribution is 2.25. The Balaban J connectivity index is 1.67. The van der Waals surface area contributed by atoms with Crippen molar-refractivity contribution in [2.24, 2.45) is 5.92 Å². The number of fused-ring (bicyclic) bond motifs is 1. The number of nitrogens with zero attached hydrogens (tertiary/aromatic N) is 3. The van der Waals surface area contributed by atoms with Gasteiger partial charge in [0.05, 0.1) is 11.3 Å². The molecule has 7 N–H and O–H groups in total. The summed E-state index contributed by atoms with van der Waals surface area (Å²) in [6.07, 6.45) is 1.40. The van der Waals surface area contributed by atoms with Crippen LogP contribution in [0.15, 0.2) is 28.9 Å². The van der Waals surface area contributed by atoms with Gasteiger partial charge in [-0.3, -0.25) is 5.41 Å². The van der Waals surface area contributed by atoms with Gasteiger partial charge in [0.25, 0.3) is 6.01 Å². The van der Waals surface area contributed by atoms with Crippen molar-refractivity contribution in [2.45, 2.75) is 0 Å². The minimum Gasteiger partial charge on any atom is -0.424 e. The van der Waals surface area contributed by atoms with Crippen LogP contribution in [0.3, 0.4) is 0 Å². The lowest BCUT2D eigenvalue weighted by atomic mass is 10.0. The molecule has 0 saturated carbocycles. The fourth-order valence-corrected chi connectivity index (χ4v) is 2.76. The topological polar surface area (TPSA) is 152 Å². The third-order valence-electron chi connectivity index (χ3n) is 4.24. The van der Waals surface area contributed by atoms with Crippen LogP contribution in [0.25, 0.3) is 11.1 Å². The summed E-state index contributed by atoms with van der Waals surface area (Å²) >= 11 is 0. The molecule has 0 radical (unpaired) electrons. The number of nitrogens with two attached hydrogens (primary N) is 2. The molecule has 0 atom stereocenters. The quantitative estimate of drug-likeness (QED) is 0.429. The minimum atomic E-state index is 0.0951. The highest BCUT2D eigenvalue weighted by Gasteiger charge is 2.20. The van der Waals surface area contributed by atoms with E-state index >= 15 is 0 Å². The van der Waals surface area contributed by atoms with Crippen LogP contribution < -0.4 is 22.1 Å². The Morgan fingerprint density at radius 3 is 2.92 bits per heavy atom. The Kier molecular flexibility index (Phi) is 3.69. The number of nitrogens with one attached hydrogen (secondary N) is 3. The normalized spacial score (nSPS) is 14.4. The van der Waals surface area contributed by atoms with E-state index in [0.29, 0.717) is 34.0 Å². The van der Waals surface area contributed by atoms with Crippen LogP contribution >= 0.6 is 0 Å². The summed E-state index contributed by atoms with van der Waals surface area (Å²) in [7, 11) is 0. The van der Waals surface area contributed by atoms with Crippen LogP contribution in [0, 0.1) is 11.3 Å². The molecule has 1 fully saturated rings. The Labute approximate surface area is 143 Å². The van der Waals surface area contributed by atoms with Crippen molar-refractivity contribution in [3.63, 3.8) is 0 Å². The molecule has 9 nitrogen and oxygen atoms in total. The zero-order valence-electron chi connectivity index (χ0n) is 13.4. The monoisotopic (exact) mass is 338 g/mol. The summed E-state index contributed by atoms with van der Waals surface area (Å²) < 4.78 is 5.27. The number of hydrogen-bond acceptors (Lipinski definition) is 9. The van der Waals surface area contributed by atoms with Crippen molar-refractivity contribution in [1.82, 2.24) is 20.3 Å². The molecular formula is C16H18N8O. The molecule has 25 heavy (non-hydrogen) atoms. The average molecular weight is 338 g/mol. The van der Waals surface area contributed by atoms with Crippen molar-refractivity contribution in [2.75, 3.05) is 36.4 Å². The number of rotatable bonds is 5. The number of benzene rings is 1. The van der Waals surface area contributed by atoms with Crippen molar-refractivity contribution < 1.29 is 4.42 Å². The van der Waals surface area contributed by atoms with Crippen LogP contribution in [0.1, 0.15) is 11.1 Å². The fraction of sp³-hybridized carbons (Fsp3) is 0.250. The fourth-order valence-electron chi connectivity index (χ4n) is 2.76. The summed E-state index contributed by atoms with van der Waals surface area (Å²) in [5, 5.41) is 15.1. The van der Waals surface area contributed by atoms with E-state index < -0.39 is 0 Å². The molecule has 1 saturated heterocycles. The van der Waals surface area contributed by atoms with E-state index in [1.807, 2.05) is 0 Å². The van der Waals surface area contributed by atoms with Gasteiger partial charge >= 0.3 is 0 Å². The van der Waals surface area contributed by atoms with Gasteiger partial charge < -0.3 is 26.5 Å². The molecule has 0 bridgehead atoms. The Morgan fingerprint density at radius 1 is 1.32 bits per heavy atom. The Hall–Kier alpha value is -3.20. The number of nitrogen functional groups attached to an aromatic ring is 2. The molecule has 128 valence electrons. The maximum absolute atomic E-state index is 8.58. The average Bonchev–Trinajstić information content (AvgIpc) is 2.92. The molecule has 1 aromatic carbocycles. The Morgan fingerprint density at radius 2 is 2.16 bits per heavy atom. The van der Waals surface area contributed by atoms with Crippen LogP contribution in [0.4, 0.5) is 17.7 Å². The van der Waals surface area contributed by atoms with Crippen LogP contribution in [0.2, 0.25) is 0 Å². The van der Waals surface area contributed by atoms with Crippen molar-refractivity contribution >= 4 is 34.5 Å². The lowest BCUT2D eigenvalue weighted by Crippen LogP contribution is -2.45. The maximum Gasteiger partial charge on any atom is 0.292 e. The SMILES string of the molecule is N=C(c1ccc2oc(N)nc2c1)c1c(N)ncnc1NCC1CNC1. The molecule has 3 heterocycles. The molecule has 0 spiro atoms. The standard InChI is InChI=1S/C16H18N8O/c17-13(9-1-2-11-10(3-9)24-16(19)25-11)12-14(18)22-7-23-15(12)21-6-8-4-20-5-8/h1-3,7-8,17,20H,4-6H2,(H2,19,24)(H3,18,21,22,23). The predicted molar refractivity (Wildman–Crippen MR) is 95.6 cm³/mol. The van der Waals surface area contributed by atoms with Crippen LogP contribution in [-0.2, 0) is 0 Å². The smallest absolute Gasteiger partial charge is 0.292 e. The molecule has 0 aliphatic carbocycles. The molecule has 1 aliphatic heterocycles. The summed E-state index contributed by atoms with van der Waals surface area (Å²) in [6, 6.07) is 5.33. The Bertz CT molecular complexity index is 946. The van der Waals surface area contributed by atoms with Crippen LogP contribution in [0.5, 0.6) is 0 Å². The molecule has 0 amide bonds. The lowest BCUT2D eigenvalue weighted by Gasteiger charge is -2.27. The summed E-state index contributed by atoms with van der Waals surface area (Å²) in [5.41, 5.74) is 14.1. The van der Waals surface area contributed by atoms with E-state index in [1.165, 1.54) is 6.33 Å². The van der Waals surface area contributed by atoms with Gasteiger partial charge in [0, 0.05) is 31.1 Å². The molecule has 9 heteroatoms. The summed E-state index contributed by atoms with van der Waals surface area (Å²) in [4.78, 5) is 12.4. The first-order valence-corrected chi connectivity index (χ1v) is 7.92. The van der Waals surface area contributed by atoms with E-state index in [4.69, 9.17) is 21.3 Å². The predicted octanol–water partition coefficient (Wildman–Crippen LogP) is 0.830. The van der Waals surface area contributed by atoms with E-state index in [0.717, 1.165) is 19.6 Å². The minimum absolute atomic E-state index is 0.0951. The van der Waals surface area contributed by atoms with Crippen LogP contribution in [-0.4, -0.2) is 40.3 Å². The number of hydrogen-bond donors (Lipinski definition) is 5. The third-order valence-corrected chi connectivity index (χ3v) is 4.24.